The van der Waals surface area contributed by atoms with Crippen LogP contribution in [0.25, 0.3) is 0 Å². The van der Waals surface area contributed by atoms with Gasteiger partial charge in [0.25, 0.3) is 0 Å². The number of alkyl halides is 3. The fourth-order valence-corrected chi connectivity index (χ4v) is 2.78. The molecule has 1 saturated heterocycles. The molecule has 1 aromatic heterocycles. The second-order valence-corrected chi connectivity index (χ2v) is 5.89. The lowest BCUT2D eigenvalue weighted by Gasteiger charge is -2.32. The molecule has 6 nitrogen and oxygen atoms in total. The van der Waals surface area contributed by atoms with Crippen molar-refractivity contribution >= 4 is 11.9 Å². The maximum atomic E-state index is 12.6. The molecule has 9 heteroatoms. The van der Waals surface area contributed by atoms with Crippen molar-refractivity contribution < 1.29 is 27.9 Å². The molecule has 0 saturated carbocycles. The van der Waals surface area contributed by atoms with E-state index in [0.717, 1.165) is 6.07 Å². The highest BCUT2D eigenvalue weighted by Crippen LogP contribution is 2.29. The molecule has 1 N–H and O–H groups in total. The van der Waals surface area contributed by atoms with Crippen molar-refractivity contribution in [2.24, 2.45) is 0 Å². The van der Waals surface area contributed by atoms with Gasteiger partial charge >= 0.3 is 12.1 Å². The summed E-state index contributed by atoms with van der Waals surface area (Å²) < 4.78 is 39.0. The molecule has 0 unspecified atom stereocenters. The molecular formula is C15H20F3N3O3. The van der Waals surface area contributed by atoms with Gasteiger partial charge < -0.3 is 10.0 Å². The molecule has 24 heavy (non-hydrogen) atoms. The maximum absolute atomic E-state index is 12.6. The Labute approximate surface area is 137 Å². The molecule has 1 aliphatic heterocycles. The summed E-state index contributed by atoms with van der Waals surface area (Å²) in [6.45, 7) is 0.952. The van der Waals surface area contributed by atoms with Crippen LogP contribution in [-0.2, 0) is 15.8 Å². The van der Waals surface area contributed by atoms with Gasteiger partial charge in [-0.3, -0.25) is 14.3 Å². The smallest absolute Gasteiger partial charge is 0.435 e. The Morgan fingerprint density at radius 1 is 1.21 bits per heavy atom. The number of carbonyl (C=O) groups is 2. The van der Waals surface area contributed by atoms with E-state index in [9.17, 15) is 22.8 Å². The first-order valence-electron chi connectivity index (χ1n) is 7.89. The third-order valence-corrected chi connectivity index (χ3v) is 4.12. The predicted octanol–water partition coefficient (Wildman–Crippen LogP) is 2.71. The number of piperidine rings is 1. The fraction of sp³-hybridized carbons (Fsp3) is 0.667. The molecule has 2 heterocycles. The molecule has 0 atom stereocenters. The van der Waals surface area contributed by atoms with Crippen molar-refractivity contribution in [1.82, 2.24) is 14.7 Å². The lowest BCUT2D eigenvalue weighted by molar-refractivity contribution is -0.141. The summed E-state index contributed by atoms with van der Waals surface area (Å²) in [6.07, 6.45) is -0.660. The van der Waals surface area contributed by atoms with Gasteiger partial charge in [-0.2, -0.15) is 18.3 Å². The number of halogens is 3. The number of aliphatic carboxylic acids is 1. The molecule has 1 fully saturated rings. The normalized spacial score (nSPS) is 16.4. The molecule has 0 radical (unpaired) electrons. The van der Waals surface area contributed by atoms with E-state index in [4.69, 9.17) is 5.11 Å². The van der Waals surface area contributed by atoms with Crippen molar-refractivity contribution in [2.45, 2.75) is 50.7 Å². The first-order valence-corrected chi connectivity index (χ1v) is 7.89. The van der Waals surface area contributed by atoms with Crippen molar-refractivity contribution in [1.29, 1.82) is 0 Å². The number of hydrogen-bond donors (Lipinski definition) is 1. The van der Waals surface area contributed by atoms with Crippen molar-refractivity contribution in [3.63, 3.8) is 0 Å². The van der Waals surface area contributed by atoms with Crippen LogP contribution < -0.4 is 0 Å². The van der Waals surface area contributed by atoms with Crippen LogP contribution in [0.3, 0.4) is 0 Å². The van der Waals surface area contributed by atoms with E-state index in [1.807, 2.05) is 0 Å². The molecule has 0 aromatic carbocycles. The van der Waals surface area contributed by atoms with Crippen LogP contribution in [0.4, 0.5) is 13.2 Å². The Bertz CT molecular complexity index is 578. The van der Waals surface area contributed by atoms with Crippen LogP contribution in [0.15, 0.2) is 12.3 Å². The molecule has 134 valence electrons. The Morgan fingerprint density at radius 3 is 2.38 bits per heavy atom. The Kier molecular flexibility index (Phi) is 5.84. The van der Waals surface area contributed by atoms with Gasteiger partial charge in [-0.1, -0.05) is 0 Å². The number of carboxylic acids is 1. The largest absolute Gasteiger partial charge is 0.481 e. The average Bonchev–Trinajstić information content (AvgIpc) is 3.01. The van der Waals surface area contributed by atoms with Crippen LogP contribution in [0.5, 0.6) is 0 Å². The summed E-state index contributed by atoms with van der Waals surface area (Å²) in [7, 11) is 0. The van der Waals surface area contributed by atoms with E-state index in [1.54, 1.807) is 4.90 Å². The Morgan fingerprint density at radius 2 is 1.83 bits per heavy atom. The number of carboxylic acid groups (broad SMARTS) is 1. The Hall–Kier alpha value is -2.06. The monoisotopic (exact) mass is 347 g/mol. The van der Waals surface area contributed by atoms with Gasteiger partial charge in [0.15, 0.2) is 5.69 Å². The van der Waals surface area contributed by atoms with E-state index < -0.39 is 17.8 Å². The summed E-state index contributed by atoms with van der Waals surface area (Å²) in [4.78, 5) is 24.1. The second-order valence-electron chi connectivity index (χ2n) is 5.89. The first-order chi connectivity index (χ1) is 11.3. The number of unbranched alkanes of at least 4 members (excludes halogenated alkanes) is 1. The highest BCUT2D eigenvalue weighted by Gasteiger charge is 2.34. The third-order valence-electron chi connectivity index (χ3n) is 4.12. The number of amides is 1. The SMILES string of the molecule is O=C(O)CCCCC(=O)N1CCC(n2ccc(C(F)(F)F)n2)CC1. The van der Waals surface area contributed by atoms with Crippen LogP contribution in [0, 0.1) is 0 Å². The van der Waals surface area contributed by atoms with Gasteiger partial charge in [0.2, 0.25) is 5.91 Å². The van der Waals surface area contributed by atoms with E-state index in [-0.39, 0.29) is 18.4 Å². The van der Waals surface area contributed by atoms with Gasteiger partial charge in [-0.05, 0) is 31.7 Å². The molecule has 1 amide bonds. The molecule has 1 aromatic rings. The van der Waals surface area contributed by atoms with Crippen LogP contribution in [-0.4, -0.2) is 44.8 Å². The predicted molar refractivity (Wildman–Crippen MR) is 78.2 cm³/mol. The van der Waals surface area contributed by atoms with Crippen LogP contribution >= 0.6 is 0 Å². The zero-order valence-corrected chi connectivity index (χ0v) is 13.1. The van der Waals surface area contributed by atoms with Crippen LogP contribution in [0.2, 0.25) is 0 Å². The van der Waals surface area contributed by atoms with Crippen molar-refractivity contribution in [3.8, 4) is 0 Å². The number of carbonyl (C=O) groups excluding carboxylic acids is 1. The number of aromatic nitrogens is 2. The van der Waals surface area contributed by atoms with E-state index in [1.165, 1.54) is 10.9 Å². The van der Waals surface area contributed by atoms with Gasteiger partial charge in [-0.25, -0.2) is 0 Å². The average molecular weight is 347 g/mol. The van der Waals surface area contributed by atoms with E-state index >= 15 is 0 Å². The zero-order valence-electron chi connectivity index (χ0n) is 13.1. The van der Waals surface area contributed by atoms with Gasteiger partial charge in [0.1, 0.15) is 0 Å². The van der Waals surface area contributed by atoms with Crippen molar-refractivity contribution in [2.75, 3.05) is 13.1 Å². The highest BCUT2D eigenvalue weighted by molar-refractivity contribution is 5.76. The summed E-state index contributed by atoms with van der Waals surface area (Å²) in [6, 6.07) is 0.817. The standard InChI is InChI=1S/C15H20F3N3O3/c16-15(17,18)12-7-10-21(19-12)11-5-8-20(9-6-11)13(22)3-1-2-4-14(23)24/h7,10-11H,1-6,8-9H2,(H,23,24). The number of nitrogens with zero attached hydrogens (tertiary/aromatic N) is 3. The topological polar surface area (TPSA) is 75.4 Å². The maximum Gasteiger partial charge on any atom is 0.435 e. The minimum absolute atomic E-state index is 0.0321. The first kappa shape index (κ1) is 18.3. The fourth-order valence-electron chi connectivity index (χ4n) is 2.78. The second kappa shape index (κ2) is 7.67. The van der Waals surface area contributed by atoms with Crippen molar-refractivity contribution in [3.05, 3.63) is 18.0 Å². The molecule has 0 aliphatic carbocycles. The lowest BCUT2D eigenvalue weighted by Crippen LogP contribution is -2.39. The summed E-state index contributed by atoms with van der Waals surface area (Å²) in [5.41, 5.74) is -0.903. The molecule has 0 bridgehead atoms. The number of rotatable bonds is 6. The Balaban J connectivity index is 1.77. The summed E-state index contributed by atoms with van der Waals surface area (Å²) >= 11 is 0. The summed E-state index contributed by atoms with van der Waals surface area (Å²) in [5, 5.41) is 12.1. The van der Waals surface area contributed by atoms with Gasteiger partial charge in [0, 0.05) is 32.1 Å². The minimum Gasteiger partial charge on any atom is -0.481 e. The minimum atomic E-state index is -4.45. The molecule has 0 spiro atoms. The molecular weight excluding hydrogens is 327 g/mol. The third kappa shape index (κ3) is 4.97. The van der Waals surface area contributed by atoms with E-state index in [2.05, 4.69) is 5.10 Å². The molecule has 2 rings (SSSR count). The highest BCUT2D eigenvalue weighted by atomic mass is 19.4. The van der Waals surface area contributed by atoms with Gasteiger partial charge in [-0.15, -0.1) is 0 Å². The molecule has 1 aliphatic rings. The van der Waals surface area contributed by atoms with E-state index in [0.29, 0.717) is 45.2 Å². The van der Waals surface area contributed by atoms with Gasteiger partial charge in [0.05, 0.1) is 6.04 Å². The number of hydrogen-bond acceptors (Lipinski definition) is 3. The quantitative estimate of drug-likeness (QED) is 0.803. The van der Waals surface area contributed by atoms with Crippen LogP contribution in [0.1, 0.15) is 50.3 Å². The zero-order chi connectivity index (χ0) is 17.7. The number of likely N-dealkylation sites (tertiary alicyclic amines) is 1. The lowest BCUT2D eigenvalue weighted by atomic mass is 10.0. The summed E-state index contributed by atoms with van der Waals surface area (Å²) in [5.74, 6) is -0.906.